The first-order valence-corrected chi connectivity index (χ1v) is 9.11. The molecule has 0 unspecified atom stereocenters. The molecule has 0 saturated heterocycles. The maximum Gasteiger partial charge on any atom is 0.252 e. The second-order valence-corrected chi connectivity index (χ2v) is 7.04. The van der Waals surface area contributed by atoms with Gasteiger partial charge in [0.1, 0.15) is 5.82 Å². The summed E-state index contributed by atoms with van der Waals surface area (Å²) in [6.07, 6.45) is 3.26. The minimum absolute atomic E-state index is 0.100. The summed E-state index contributed by atoms with van der Waals surface area (Å²) in [5, 5.41) is 12.4. The van der Waals surface area contributed by atoms with E-state index in [9.17, 15) is 4.79 Å². The van der Waals surface area contributed by atoms with Crippen molar-refractivity contribution in [2.45, 2.75) is 53.1 Å². The summed E-state index contributed by atoms with van der Waals surface area (Å²) in [5.74, 6) is 1.75. The van der Waals surface area contributed by atoms with Gasteiger partial charge in [0.25, 0.3) is 5.91 Å². The number of hydrogen-bond acceptors (Lipinski definition) is 4. The molecule has 3 heterocycles. The first-order valence-electron chi connectivity index (χ1n) is 9.11. The molecular formula is C20H23N5O. The van der Waals surface area contributed by atoms with Gasteiger partial charge in [-0.3, -0.25) is 9.78 Å². The normalized spacial score (nSPS) is 13.7. The summed E-state index contributed by atoms with van der Waals surface area (Å²) in [6, 6.07) is 5.88. The SMILES string of the molecule is Cc1cc(C(=O)NCc2nnc3n2CCCC3)c2ccc(C)c(C)c2n1. The van der Waals surface area contributed by atoms with Crippen LogP contribution in [0.15, 0.2) is 18.2 Å². The summed E-state index contributed by atoms with van der Waals surface area (Å²) in [4.78, 5) is 17.5. The lowest BCUT2D eigenvalue weighted by molar-refractivity contribution is 0.0951. The summed E-state index contributed by atoms with van der Waals surface area (Å²) < 4.78 is 2.13. The number of aryl methyl sites for hydroxylation is 4. The van der Waals surface area contributed by atoms with Crippen molar-refractivity contribution in [3.63, 3.8) is 0 Å². The number of nitrogens with zero attached hydrogens (tertiary/aromatic N) is 4. The number of amides is 1. The highest BCUT2D eigenvalue weighted by Gasteiger charge is 2.18. The van der Waals surface area contributed by atoms with Gasteiger partial charge in [-0.1, -0.05) is 12.1 Å². The predicted molar refractivity (Wildman–Crippen MR) is 100 cm³/mol. The highest BCUT2D eigenvalue weighted by molar-refractivity contribution is 6.06. The molecule has 1 amide bonds. The molecule has 0 saturated carbocycles. The highest BCUT2D eigenvalue weighted by atomic mass is 16.1. The lowest BCUT2D eigenvalue weighted by Crippen LogP contribution is -2.26. The van der Waals surface area contributed by atoms with Gasteiger partial charge in [-0.15, -0.1) is 10.2 Å². The van der Waals surface area contributed by atoms with Crippen molar-refractivity contribution in [1.29, 1.82) is 0 Å². The Labute approximate surface area is 152 Å². The molecule has 26 heavy (non-hydrogen) atoms. The molecule has 1 N–H and O–H groups in total. The predicted octanol–water partition coefficient (Wildman–Crippen LogP) is 3.02. The Hall–Kier alpha value is -2.76. The molecule has 2 aromatic heterocycles. The molecule has 0 bridgehead atoms. The van der Waals surface area contributed by atoms with Gasteiger partial charge in [-0.25, -0.2) is 0 Å². The molecule has 0 radical (unpaired) electrons. The van der Waals surface area contributed by atoms with Crippen LogP contribution in [0.25, 0.3) is 10.9 Å². The number of carbonyl (C=O) groups is 1. The fourth-order valence-electron chi connectivity index (χ4n) is 3.60. The van der Waals surface area contributed by atoms with Gasteiger partial charge in [-0.2, -0.15) is 0 Å². The van der Waals surface area contributed by atoms with E-state index in [4.69, 9.17) is 0 Å². The molecule has 0 fully saturated rings. The fourth-order valence-corrected chi connectivity index (χ4v) is 3.60. The van der Waals surface area contributed by atoms with Crippen LogP contribution < -0.4 is 5.32 Å². The molecular weight excluding hydrogens is 326 g/mol. The first-order chi connectivity index (χ1) is 12.5. The average molecular weight is 349 g/mol. The van der Waals surface area contributed by atoms with Crippen LogP contribution in [-0.4, -0.2) is 25.7 Å². The average Bonchev–Trinajstić information content (AvgIpc) is 3.06. The van der Waals surface area contributed by atoms with Crippen LogP contribution in [-0.2, 0) is 19.5 Å². The molecule has 0 aliphatic carbocycles. The van der Waals surface area contributed by atoms with Gasteiger partial charge >= 0.3 is 0 Å². The van der Waals surface area contributed by atoms with Gasteiger partial charge < -0.3 is 9.88 Å². The minimum Gasteiger partial charge on any atom is -0.345 e. The number of pyridine rings is 1. The van der Waals surface area contributed by atoms with Crippen LogP contribution in [0.4, 0.5) is 0 Å². The molecule has 6 nitrogen and oxygen atoms in total. The second kappa shape index (κ2) is 6.52. The van der Waals surface area contributed by atoms with E-state index in [0.717, 1.165) is 59.6 Å². The Morgan fingerprint density at radius 3 is 2.88 bits per heavy atom. The van der Waals surface area contributed by atoms with Crippen LogP contribution in [0.1, 0.15) is 51.7 Å². The van der Waals surface area contributed by atoms with E-state index in [-0.39, 0.29) is 5.91 Å². The van der Waals surface area contributed by atoms with E-state index in [1.807, 2.05) is 32.0 Å². The van der Waals surface area contributed by atoms with Crippen LogP contribution in [0.3, 0.4) is 0 Å². The zero-order valence-corrected chi connectivity index (χ0v) is 15.5. The smallest absolute Gasteiger partial charge is 0.252 e. The third-order valence-corrected chi connectivity index (χ3v) is 5.22. The van der Waals surface area contributed by atoms with E-state index < -0.39 is 0 Å². The minimum atomic E-state index is -0.100. The van der Waals surface area contributed by atoms with Crippen molar-refractivity contribution in [2.24, 2.45) is 0 Å². The lowest BCUT2D eigenvalue weighted by atomic mass is 10.0. The molecule has 1 aliphatic rings. The molecule has 134 valence electrons. The third-order valence-electron chi connectivity index (χ3n) is 5.22. The number of fused-ring (bicyclic) bond motifs is 2. The maximum atomic E-state index is 12.9. The second-order valence-electron chi connectivity index (χ2n) is 7.04. The van der Waals surface area contributed by atoms with Crippen molar-refractivity contribution in [1.82, 2.24) is 25.1 Å². The Balaban J connectivity index is 1.62. The van der Waals surface area contributed by atoms with Crippen LogP contribution in [0.2, 0.25) is 0 Å². The van der Waals surface area contributed by atoms with Crippen molar-refractivity contribution in [3.05, 3.63) is 52.2 Å². The van der Waals surface area contributed by atoms with E-state index in [1.165, 1.54) is 5.56 Å². The molecule has 0 atom stereocenters. The quantitative estimate of drug-likeness (QED) is 0.789. The number of carbonyl (C=O) groups excluding carboxylic acids is 1. The standard InChI is InChI=1S/C20H23N5O/c1-12-7-8-15-16(10-13(2)22-19(15)14(12)3)20(26)21-11-18-24-23-17-6-4-5-9-25(17)18/h7-8,10H,4-6,9,11H2,1-3H3,(H,21,26). The van der Waals surface area contributed by atoms with E-state index in [0.29, 0.717) is 12.1 Å². The van der Waals surface area contributed by atoms with Gasteiger partial charge in [0.05, 0.1) is 17.6 Å². The number of rotatable bonds is 3. The molecule has 4 rings (SSSR count). The molecule has 0 spiro atoms. The Morgan fingerprint density at radius 1 is 1.19 bits per heavy atom. The van der Waals surface area contributed by atoms with Crippen molar-refractivity contribution in [3.8, 4) is 0 Å². The number of aromatic nitrogens is 4. The topological polar surface area (TPSA) is 72.7 Å². The summed E-state index contributed by atoms with van der Waals surface area (Å²) in [6.45, 7) is 7.36. The van der Waals surface area contributed by atoms with Crippen molar-refractivity contribution < 1.29 is 4.79 Å². The van der Waals surface area contributed by atoms with Gasteiger partial charge in [0.2, 0.25) is 0 Å². The van der Waals surface area contributed by atoms with Crippen molar-refractivity contribution in [2.75, 3.05) is 0 Å². The summed E-state index contributed by atoms with van der Waals surface area (Å²) in [5.41, 5.74) is 4.70. The number of benzene rings is 1. The van der Waals surface area contributed by atoms with Crippen LogP contribution in [0.5, 0.6) is 0 Å². The van der Waals surface area contributed by atoms with Gasteiger partial charge in [-0.05, 0) is 50.8 Å². The highest BCUT2D eigenvalue weighted by Crippen LogP contribution is 2.24. The Morgan fingerprint density at radius 2 is 2.04 bits per heavy atom. The maximum absolute atomic E-state index is 12.9. The van der Waals surface area contributed by atoms with Crippen molar-refractivity contribution >= 4 is 16.8 Å². The third kappa shape index (κ3) is 2.85. The monoisotopic (exact) mass is 349 g/mol. The summed E-state index contributed by atoms with van der Waals surface area (Å²) >= 11 is 0. The van der Waals surface area contributed by atoms with Gasteiger partial charge in [0, 0.05) is 24.0 Å². The lowest BCUT2D eigenvalue weighted by Gasteiger charge is -2.15. The number of hydrogen-bond donors (Lipinski definition) is 1. The summed E-state index contributed by atoms with van der Waals surface area (Å²) in [7, 11) is 0. The molecule has 1 aromatic carbocycles. The molecule has 3 aromatic rings. The largest absolute Gasteiger partial charge is 0.345 e. The number of nitrogens with one attached hydrogen (secondary N) is 1. The Bertz CT molecular complexity index is 1010. The van der Waals surface area contributed by atoms with E-state index in [1.54, 1.807) is 0 Å². The Kier molecular flexibility index (Phi) is 4.18. The van der Waals surface area contributed by atoms with E-state index in [2.05, 4.69) is 32.0 Å². The van der Waals surface area contributed by atoms with Crippen LogP contribution >= 0.6 is 0 Å². The molecule has 1 aliphatic heterocycles. The zero-order chi connectivity index (χ0) is 18.3. The van der Waals surface area contributed by atoms with E-state index >= 15 is 0 Å². The van der Waals surface area contributed by atoms with Crippen LogP contribution in [0, 0.1) is 20.8 Å². The molecule has 6 heteroatoms. The first kappa shape index (κ1) is 16.7. The fraction of sp³-hybridized carbons (Fsp3) is 0.400. The van der Waals surface area contributed by atoms with Gasteiger partial charge in [0.15, 0.2) is 5.82 Å². The zero-order valence-electron chi connectivity index (χ0n) is 15.5.